The average Bonchev–Trinajstić information content (AvgIpc) is 2.98. The molecule has 1 aliphatic rings. The van der Waals surface area contributed by atoms with Gasteiger partial charge in [0.05, 0.1) is 12.5 Å². The zero-order valence-corrected chi connectivity index (χ0v) is 14.1. The van der Waals surface area contributed by atoms with Crippen molar-refractivity contribution in [1.82, 2.24) is 5.32 Å². The zero-order chi connectivity index (χ0) is 16.2. The predicted molar refractivity (Wildman–Crippen MR) is 93.9 cm³/mol. The molecule has 23 heavy (non-hydrogen) atoms. The van der Waals surface area contributed by atoms with E-state index in [1.807, 2.05) is 0 Å². The SMILES string of the molecule is CN(Cc1cccs1)c1ccc(CNC2CC(C(=O)O)C2)cc1. The molecule has 122 valence electrons. The Morgan fingerprint density at radius 3 is 2.65 bits per heavy atom. The largest absolute Gasteiger partial charge is 0.481 e. The first-order chi connectivity index (χ1) is 11.1. The summed E-state index contributed by atoms with van der Waals surface area (Å²) in [6.45, 7) is 1.72. The molecule has 1 heterocycles. The molecule has 1 aromatic heterocycles. The summed E-state index contributed by atoms with van der Waals surface area (Å²) in [5.41, 5.74) is 2.44. The van der Waals surface area contributed by atoms with E-state index in [1.165, 1.54) is 16.1 Å². The van der Waals surface area contributed by atoms with Crippen LogP contribution in [0.2, 0.25) is 0 Å². The second kappa shape index (κ2) is 7.15. The molecule has 4 nitrogen and oxygen atoms in total. The zero-order valence-electron chi connectivity index (χ0n) is 13.2. The number of aliphatic carboxylic acids is 1. The number of anilines is 1. The van der Waals surface area contributed by atoms with E-state index < -0.39 is 5.97 Å². The fourth-order valence-corrected chi connectivity index (χ4v) is 3.60. The van der Waals surface area contributed by atoms with E-state index in [1.54, 1.807) is 11.3 Å². The lowest BCUT2D eigenvalue weighted by molar-refractivity contribution is -0.145. The fourth-order valence-electron chi connectivity index (χ4n) is 2.84. The van der Waals surface area contributed by atoms with E-state index in [2.05, 4.69) is 59.0 Å². The lowest BCUT2D eigenvalue weighted by Crippen LogP contribution is -2.43. The summed E-state index contributed by atoms with van der Waals surface area (Å²) in [6, 6.07) is 13.1. The van der Waals surface area contributed by atoms with Crippen molar-refractivity contribution in [2.45, 2.75) is 32.0 Å². The first-order valence-electron chi connectivity index (χ1n) is 7.90. The minimum absolute atomic E-state index is 0.152. The first kappa shape index (κ1) is 16.0. The Hall–Kier alpha value is -1.85. The van der Waals surface area contributed by atoms with E-state index in [-0.39, 0.29) is 5.92 Å². The molecule has 0 bridgehead atoms. The minimum atomic E-state index is -0.666. The monoisotopic (exact) mass is 330 g/mol. The maximum absolute atomic E-state index is 10.8. The normalized spacial score (nSPS) is 20.0. The van der Waals surface area contributed by atoms with Gasteiger partial charge in [-0.25, -0.2) is 0 Å². The first-order valence-corrected chi connectivity index (χ1v) is 8.78. The molecule has 1 aromatic carbocycles. The van der Waals surface area contributed by atoms with Crippen LogP contribution in [0.5, 0.6) is 0 Å². The maximum atomic E-state index is 10.8. The number of carboxylic acids is 1. The predicted octanol–water partition coefficient (Wildman–Crippen LogP) is 3.34. The summed E-state index contributed by atoms with van der Waals surface area (Å²) in [6.07, 6.45) is 1.49. The van der Waals surface area contributed by atoms with Crippen molar-refractivity contribution in [1.29, 1.82) is 0 Å². The van der Waals surface area contributed by atoms with Crippen molar-refractivity contribution < 1.29 is 9.90 Å². The van der Waals surface area contributed by atoms with Crippen LogP contribution in [0, 0.1) is 5.92 Å². The molecule has 0 saturated heterocycles. The lowest BCUT2D eigenvalue weighted by atomic mass is 9.80. The van der Waals surface area contributed by atoms with Gasteiger partial charge >= 0.3 is 5.97 Å². The molecule has 1 fully saturated rings. The second-order valence-electron chi connectivity index (χ2n) is 6.19. The topological polar surface area (TPSA) is 52.6 Å². The molecule has 2 N–H and O–H groups in total. The van der Waals surface area contributed by atoms with Crippen molar-refractivity contribution in [3.8, 4) is 0 Å². The van der Waals surface area contributed by atoms with Gasteiger partial charge in [0.2, 0.25) is 0 Å². The van der Waals surface area contributed by atoms with Crippen LogP contribution in [-0.4, -0.2) is 24.2 Å². The van der Waals surface area contributed by atoms with Crippen molar-refractivity contribution >= 4 is 23.0 Å². The van der Waals surface area contributed by atoms with Crippen LogP contribution < -0.4 is 10.2 Å². The number of thiophene rings is 1. The number of rotatable bonds is 7. The van der Waals surface area contributed by atoms with Crippen LogP contribution in [0.25, 0.3) is 0 Å². The van der Waals surface area contributed by atoms with Crippen molar-refractivity contribution in [2.75, 3.05) is 11.9 Å². The molecule has 0 unspecified atom stereocenters. The highest BCUT2D eigenvalue weighted by atomic mass is 32.1. The van der Waals surface area contributed by atoms with Gasteiger partial charge in [-0.2, -0.15) is 0 Å². The fraction of sp³-hybridized carbons (Fsp3) is 0.389. The molecular weight excluding hydrogens is 308 g/mol. The van der Waals surface area contributed by atoms with Gasteiger partial charge in [0.15, 0.2) is 0 Å². The maximum Gasteiger partial charge on any atom is 0.306 e. The lowest BCUT2D eigenvalue weighted by Gasteiger charge is -2.33. The molecule has 0 radical (unpaired) electrons. The van der Waals surface area contributed by atoms with Crippen LogP contribution in [0.4, 0.5) is 5.69 Å². The Morgan fingerprint density at radius 2 is 2.04 bits per heavy atom. The molecule has 1 aliphatic carbocycles. The van der Waals surface area contributed by atoms with Gasteiger partial charge in [0.1, 0.15) is 0 Å². The van der Waals surface area contributed by atoms with Gasteiger partial charge in [-0.05, 0) is 42.0 Å². The van der Waals surface area contributed by atoms with E-state index in [0.29, 0.717) is 6.04 Å². The van der Waals surface area contributed by atoms with Crippen molar-refractivity contribution in [2.24, 2.45) is 5.92 Å². The molecule has 1 saturated carbocycles. The van der Waals surface area contributed by atoms with Gasteiger partial charge in [-0.15, -0.1) is 11.3 Å². The van der Waals surface area contributed by atoms with Gasteiger partial charge in [-0.3, -0.25) is 4.79 Å². The summed E-state index contributed by atoms with van der Waals surface area (Å²) in [5, 5.41) is 14.4. The molecule has 0 spiro atoms. The second-order valence-corrected chi connectivity index (χ2v) is 7.22. The highest BCUT2D eigenvalue weighted by Gasteiger charge is 2.33. The third-order valence-corrected chi connectivity index (χ3v) is 5.29. The van der Waals surface area contributed by atoms with E-state index in [0.717, 1.165) is 25.9 Å². The van der Waals surface area contributed by atoms with Crippen LogP contribution in [0.15, 0.2) is 41.8 Å². The highest BCUT2D eigenvalue weighted by molar-refractivity contribution is 7.09. The molecule has 2 aromatic rings. The number of hydrogen-bond donors (Lipinski definition) is 2. The summed E-state index contributed by atoms with van der Waals surface area (Å²) in [4.78, 5) is 14.4. The standard InChI is InChI=1S/C18H22N2O2S/c1-20(12-17-3-2-8-23-17)16-6-4-13(5-7-16)11-19-15-9-14(10-15)18(21)22/h2-8,14-15,19H,9-12H2,1H3,(H,21,22). The van der Waals surface area contributed by atoms with Gasteiger partial charge in [-0.1, -0.05) is 18.2 Å². The Balaban J connectivity index is 1.46. The minimum Gasteiger partial charge on any atom is -0.481 e. The van der Waals surface area contributed by atoms with Gasteiger partial charge < -0.3 is 15.3 Å². The Labute approximate surface area is 140 Å². The Morgan fingerprint density at radius 1 is 1.30 bits per heavy atom. The molecule has 3 rings (SSSR count). The number of nitrogens with one attached hydrogen (secondary N) is 1. The average molecular weight is 330 g/mol. The third-order valence-electron chi connectivity index (χ3n) is 4.43. The number of benzene rings is 1. The number of carbonyl (C=O) groups is 1. The van der Waals surface area contributed by atoms with Crippen LogP contribution in [0.3, 0.4) is 0 Å². The van der Waals surface area contributed by atoms with Crippen LogP contribution in [0.1, 0.15) is 23.3 Å². The summed E-state index contributed by atoms with van der Waals surface area (Å²) < 4.78 is 0. The molecule has 0 amide bonds. The Kier molecular flexibility index (Phi) is 4.98. The smallest absolute Gasteiger partial charge is 0.306 e. The summed E-state index contributed by atoms with van der Waals surface area (Å²) in [7, 11) is 2.10. The molecule has 0 atom stereocenters. The summed E-state index contributed by atoms with van der Waals surface area (Å²) >= 11 is 1.78. The highest BCUT2D eigenvalue weighted by Crippen LogP contribution is 2.27. The van der Waals surface area contributed by atoms with Gasteiger partial charge in [0.25, 0.3) is 0 Å². The van der Waals surface area contributed by atoms with Gasteiger partial charge in [0, 0.05) is 30.2 Å². The van der Waals surface area contributed by atoms with E-state index in [9.17, 15) is 4.79 Å². The Bertz CT molecular complexity index is 634. The number of hydrogen-bond acceptors (Lipinski definition) is 4. The third kappa shape index (κ3) is 4.12. The van der Waals surface area contributed by atoms with Crippen LogP contribution in [-0.2, 0) is 17.9 Å². The van der Waals surface area contributed by atoms with Crippen molar-refractivity contribution in [3.63, 3.8) is 0 Å². The van der Waals surface area contributed by atoms with Crippen LogP contribution >= 0.6 is 11.3 Å². The quantitative estimate of drug-likeness (QED) is 0.817. The van der Waals surface area contributed by atoms with E-state index in [4.69, 9.17) is 5.11 Å². The number of carboxylic acid groups (broad SMARTS) is 1. The summed E-state index contributed by atoms with van der Waals surface area (Å²) in [5.74, 6) is -0.818. The van der Waals surface area contributed by atoms with Crippen molar-refractivity contribution in [3.05, 3.63) is 52.2 Å². The van der Waals surface area contributed by atoms with E-state index >= 15 is 0 Å². The molecular formula is C18H22N2O2S. The number of nitrogens with zero attached hydrogens (tertiary/aromatic N) is 1. The molecule has 5 heteroatoms. The molecule has 0 aliphatic heterocycles.